The molecule has 0 heterocycles. The highest BCUT2D eigenvalue weighted by molar-refractivity contribution is 7.92. The van der Waals surface area contributed by atoms with Crippen LogP contribution in [0.4, 0.5) is 5.69 Å². The summed E-state index contributed by atoms with van der Waals surface area (Å²) in [6.07, 6.45) is 0. The number of halogens is 4. The van der Waals surface area contributed by atoms with Gasteiger partial charge in [0, 0.05) is 0 Å². The normalized spacial score (nSPS) is 11.3. The van der Waals surface area contributed by atoms with Gasteiger partial charge in [0.25, 0.3) is 10.0 Å². The fourth-order valence-corrected chi connectivity index (χ4v) is 4.14. The number of nitrogens with zero attached hydrogens (tertiary/aromatic N) is 1. The van der Waals surface area contributed by atoms with Crippen molar-refractivity contribution >= 4 is 67.4 Å². The second-order valence-corrected chi connectivity index (χ2v) is 7.90. The highest BCUT2D eigenvalue weighted by Gasteiger charge is 2.28. The Bertz CT molecular complexity index is 855. The van der Waals surface area contributed by atoms with E-state index in [-0.39, 0.29) is 25.7 Å². The van der Waals surface area contributed by atoms with Gasteiger partial charge in [-0.15, -0.1) is 0 Å². The third kappa shape index (κ3) is 4.11. The Balaban J connectivity index is 2.60. The minimum absolute atomic E-state index is 0.0732. The maximum absolute atomic E-state index is 12.8. The van der Waals surface area contributed by atoms with E-state index in [2.05, 4.69) is 0 Å². The summed E-state index contributed by atoms with van der Waals surface area (Å²) in [5, 5.41) is -0.407. The summed E-state index contributed by atoms with van der Waals surface area (Å²) >= 11 is 23.1. The van der Waals surface area contributed by atoms with Crippen LogP contribution in [0, 0.1) is 0 Å². The van der Waals surface area contributed by atoms with Gasteiger partial charge in [-0.25, -0.2) is 8.42 Å². The monoisotopic (exact) mass is 411 g/mol. The molecule has 0 bridgehead atoms. The molecule has 23 heavy (non-hydrogen) atoms. The highest BCUT2D eigenvalue weighted by atomic mass is 35.5. The van der Waals surface area contributed by atoms with Gasteiger partial charge in [-0.1, -0.05) is 46.9 Å². The van der Waals surface area contributed by atoms with Crippen LogP contribution in [-0.4, -0.2) is 20.2 Å². The van der Waals surface area contributed by atoms with Gasteiger partial charge >= 0.3 is 0 Å². The number of rotatable bonds is 5. The van der Waals surface area contributed by atoms with Crippen molar-refractivity contribution in [1.82, 2.24) is 0 Å². The zero-order valence-corrected chi connectivity index (χ0v) is 15.2. The minimum atomic E-state index is -4.11. The van der Waals surface area contributed by atoms with Crippen LogP contribution in [0.3, 0.4) is 0 Å². The Morgan fingerprint density at radius 2 is 1.61 bits per heavy atom. The van der Waals surface area contributed by atoms with E-state index in [0.29, 0.717) is 0 Å². The fourth-order valence-electron chi connectivity index (χ4n) is 1.83. The number of sulfonamides is 1. The molecule has 2 aromatic carbocycles. The van der Waals surface area contributed by atoms with Crippen molar-refractivity contribution in [2.45, 2.75) is 4.90 Å². The van der Waals surface area contributed by atoms with Crippen molar-refractivity contribution < 1.29 is 13.2 Å². The lowest BCUT2D eigenvalue weighted by Gasteiger charge is -2.24. The van der Waals surface area contributed by atoms with E-state index >= 15 is 0 Å². The quantitative estimate of drug-likeness (QED) is 0.674. The third-order valence-corrected chi connectivity index (χ3v) is 5.80. The zero-order valence-electron chi connectivity index (χ0n) is 11.3. The van der Waals surface area contributed by atoms with Gasteiger partial charge < -0.3 is 0 Å². The average Bonchev–Trinajstić information content (AvgIpc) is 2.48. The first-order chi connectivity index (χ1) is 10.7. The second-order valence-electron chi connectivity index (χ2n) is 4.39. The van der Waals surface area contributed by atoms with Crippen molar-refractivity contribution in [1.29, 1.82) is 0 Å². The molecule has 0 amide bonds. The molecule has 0 atom stereocenters. The van der Waals surface area contributed by atoms with E-state index in [4.69, 9.17) is 46.4 Å². The van der Waals surface area contributed by atoms with Crippen LogP contribution in [0.1, 0.15) is 0 Å². The van der Waals surface area contributed by atoms with E-state index in [1.807, 2.05) is 0 Å². The van der Waals surface area contributed by atoms with E-state index < -0.39 is 21.8 Å². The van der Waals surface area contributed by atoms with Crippen molar-refractivity contribution in [2.24, 2.45) is 0 Å². The summed E-state index contributed by atoms with van der Waals surface area (Å²) in [5.74, 6) is 0. The Hall–Kier alpha value is -0.980. The van der Waals surface area contributed by atoms with Crippen molar-refractivity contribution in [3.63, 3.8) is 0 Å². The summed E-state index contributed by atoms with van der Waals surface area (Å²) in [7, 11) is -4.11. The van der Waals surface area contributed by atoms with Crippen molar-refractivity contribution in [2.75, 3.05) is 10.8 Å². The van der Waals surface area contributed by atoms with Gasteiger partial charge in [0.05, 0.1) is 25.7 Å². The third-order valence-electron chi connectivity index (χ3n) is 2.87. The van der Waals surface area contributed by atoms with E-state index in [1.165, 1.54) is 30.3 Å². The number of benzene rings is 2. The number of hydrogen-bond donors (Lipinski definition) is 0. The Labute approximate surface area is 153 Å². The van der Waals surface area contributed by atoms with Gasteiger partial charge in [-0.3, -0.25) is 9.10 Å². The summed E-state index contributed by atoms with van der Waals surface area (Å²) in [4.78, 5) is 11.2. The maximum atomic E-state index is 12.8. The van der Waals surface area contributed by atoms with Crippen LogP contribution in [-0.2, 0) is 14.8 Å². The molecule has 0 unspecified atom stereocenters. The molecule has 122 valence electrons. The fraction of sp³-hybridized carbons (Fsp3) is 0.0714. The summed E-state index contributed by atoms with van der Waals surface area (Å²) in [5.41, 5.74) is 0.134. The predicted octanol–water partition coefficient (Wildman–Crippen LogP) is 4.61. The molecule has 0 saturated carbocycles. The molecule has 0 fully saturated rings. The molecule has 2 aromatic rings. The molecule has 0 aliphatic rings. The van der Waals surface area contributed by atoms with Crippen molar-refractivity contribution in [3.05, 3.63) is 57.5 Å². The number of carbonyl (C=O) groups is 1. The van der Waals surface area contributed by atoms with E-state index in [0.717, 1.165) is 4.31 Å². The van der Waals surface area contributed by atoms with Crippen molar-refractivity contribution in [3.8, 4) is 0 Å². The number of hydrogen-bond acceptors (Lipinski definition) is 3. The van der Waals surface area contributed by atoms with E-state index in [1.54, 1.807) is 12.1 Å². The molecule has 0 saturated heterocycles. The summed E-state index contributed by atoms with van der Waals surface area (Å²) in [6.45, 7) is -0.576. The van der Waals surface area contributed by atoms with Gasteiger partial charge in [-0.2, -0.15) is 0 Å². The Kier molecular flexibility index (Phi) is 5.81. The topological polar surface area (TPSA) is 54.5 Å². The summed E-state index contributed by atoms with van der Waals surface area (Å²) in [6, 6.07) is 10.0. The van der Waals surface area contributed by atoms with Crippen LogP contribution in [0.5, 0.6) is 0 Å². The van der Waals surface area contributed by atoms with Gasteiger partial charge in [0.15, 0.2) is 0 Å². The largest absolute Gasteiger partial charge is 0.279 e. The van der Waals surface area contributed by atoms with E-state index in [9.17, 15) is 13.2 Å². The molecule has 9 heteroatoms. The molecule has 0 aliphatic heterocycles. The van der Waals surface area contributed by atoms with Gasteiger partial charge in [0.1, 0.15) is 6.54 Å². The van der Waals surface area contributed by atoms with Crippen LogP contribution >= 0.6 is 46.4 Å². The zero-order chi connectivity index (χ0) is 17.2. The first kappa shape index (κ1) is 18.4. The van der Waals surface area contributed by atoms with Crippen LogP contribution in [0.25, 0.3) is 0 Å². The molecule has 0 radical (unpaired) electrons. The molecule has 0 spiro atoms. The lowest BCUT2D eigenvalue weighted by Crippen LogP contribution is -2.34. The molecule has 0 aromatic heterocycles. The smallest absolute Gasteiger partial charge is 0.264 e. The van der Waals surface area contributed by atoms with Crippen LogP contribution in [0.2, 0.25) is 15.1 Å². The number of para-hydroxylation sites is 1. The molecule has 2 rings (SSSR count). The maximum Gasteiger partial charge on any atom is 0.264 e. The highest BCUT2D eigenvalue weighted by Crippen LogP contribution is 2.32. The lowest BCUT2D eigenvalue weighted by atomic mass is 10.3. The van der Waals surface area contributed by atoms with Crippen LogP contribution in [0.15, 0.2) is 47.4 Å². The standard InChI is InChI=1S/C14H9Cl4NO3S/c15-10-6-5-9(7-12(10)17)23(21,22)19(8-14(18)20)13-4-2-1-3-11(13)16/h1-7H,8H2. The first-order valence-electron chi connectivity index (χ1n) is 6.14. The second kappa shape index (κ2) is 7.28. The number of carbonyl (C=O) groups excluding carboxylic acids is 1. The molecule has 0 N–H and O–H groups in total. The molecular formula is C14H9Cl4NO3S. The molecule has 0 aliphatic carbocycles. The molecule has 4 nitrogen and oxygen atoms in total. The average molecular weight is 413 g/mol. The van der Waals surface area contributed by atoms with Gasteiger partial charge in [-0.05, 0) is 41.9 Å². The minimum Gasteiger partial charge on any atom is -0.279 e. The van der Waals surface area contributed by atoms with Crippen LogP contribution < -0.4 is 4.31 Å². The molecular weight excluding hydrogens is 404 g/mol. The number of anilines is 1. The predicted molar refractivity (Wildman–Crippen MR) is 93.3 cm³/mol. The SMILES string of the molecule is O=C(Cl)CN(c1ccccc1Cl)S(=O)(=O)c1ccc(Cl)c(Cl)c1. The lowest BCUT2D eigenvalue weighted by molar-refractivity contribution is -0.110. The van der Waals surface area contributed by atoms with Gasteiger partial charge in [0.2, 0.25) is 5.24 Å². The Morgan fingerprint density at radius 3 is 2.17 bits per heavy atom. The Morgan fingerprint density at radius 1 is 0.957 bits per heavy atom. The summed E-state index contributed by atoms with van der Waals surface area (Å²) < 4.78 is 26.5. The first-order valence-corrected chi connectivity index (χ1v) is 9.09.